The molecule has 0 radical (unpaired) electrons. The fourth-order valence-corrected chi connectivity index (χ4v) is 1.72. The number of hydrogen-bond donors (Lipinski definition) is 2. The maximum atomic E-state index is 11.6. The maximum absolute atomic E-state index is 11.6. The minimum Gasteiger partial charge on any atom is -0.351 e. The van der Waals surface area contributed by atoms with Crippen LogP contribution in [0.2, 0.25) is 0 Å². The van der Waals surface area contributed by atoms with Gasteiger partial charge in [0.15, 0.2) is 0 Å². The normalized spacial score (nSPS) is 11.2. The van der Waals surface area contributed by atoms with Crippen LogP contribution in [0, 0.1) is 0 Å². The first kappa shape index (κ1) is 14.0. The molecule has 17 heavy (non-hydrogen) atoms. The quantitative estimate of drug-likeness (QED) is 0.765. The lowest BCUT2D eigenvalue weighted by Crippen LogP contribution is -2.31. The first-order valence-electron chi connectivity index (χ1n) is 4.86. The second-order valence-corrected chi connectivity index (χ2v) is 5.45. The number of carbonyl (C=O) groups excluding carboxylic acids is 1. The van der Waals surface area contributed by atoms with E-state index in [1.165, 1.54) is 0 Å². The molecule has 0 aliphatic carbocycles. The molecule has 0 unspecified atom stereocenters. The number of halogens is 1. The van der Waals surface area contributed by atoms with E-state index in [0.717, 1.165) is 5.56 Å². The third-order valence-electron chi connectivity index (χ3n) is 2.04. The molecule has 5 nitrogen and oxygen atoms in total. The van der Waals surface area contributed by atoms with Crippen molar-refractivity contribution in [1.29, 1.82) is 0 Å². The highest BCUT2D eigenvalue weighted by Gasteiger charge is 2.07. The summed E-state index contributed by atoms with van der Waals surface area (Å²) in [5.74, 6) is -0.235. The molecule has 7 heteroatoms. The molecule has 0 aliphatic heterocycles. The molecular weight excluding hydrogens is 264 g/mol. The number of carbonyl (C=O) groups is 1. The zero-order valence-electron chi connectivity index (χ0n) is 9.02. The van der Waals surface area contributed by atoms with Crippen molar-refractivity contribution in [1.82, 2.24) is 5.32 Å². The Bertz CT molecular complexity index is 485. The van der Waals surface area contributed by atoms with Crippen molar-refractivity contribution in [2.24, 2.45) is 5.14 Å². The van der Waals surface area contributed by atoms with Gasteiger partial charge in [0.1, 0.15) is 0 Å². The second-order valence-electron chi connectivity index (χ2n) is 3.45. The van der Waals surface area contributed by atoms with Crippen LogP contribution in [-0.4, -0.2) is 26.6 Å². The highest BCUT2D eigenvalue weighted by Crippen LogP contribution is 2.06. The first-order chi connectivity index (χ1) is 7.92. The minimum atomic E-state index is -3.54. The lowest BCUT2D eigenvalue weighted by Gasteiger charge is -2.04. The van der Waals surface area contributed by atoms with Crippen molar-refractivity contribution in [2.45, 2.75) is 5.88 Å². The Morgan fingerprint density at radius 1 is 1.29 bits per heavy atom. The summed E-state index contributed by atoms with van der Waals surface area (Å²) in [6.07, 6.45) is 0. The molecule has 0 aromatic heterocycles. The second kappa shape index (κ2) is 6.00. The number of amides is 1. The van der Waals surface area contributed by atoms with E-state index in [1.54, 1.807) is 24.3 Å². The van der Waals surface area contributed by atoms with Crippen molar-refractivity contribution >= 4 is 27.5 Å². The van der Waals surface area contributed by atoms with Gasteiger partial charge in [-0.15, -0.1) is 11.6 Å². The third-order valence-corrected chi connectivity index (χ3v) is 3.12. The highest BCUT2D eigenvalue weighted by atomic mass is 35.5. The number of rotatable bonds is 5. The van der Waals surface area contributed by atoms with Crippen molar-refractivity contribution in [3.63, 3.8) is 0 Å². The van der Waals surface area contributed by atoms with Crippen molar-refractivity contribution in [3.8, 4) is 0 Å². The molecule has 0 atom stereocenters. The van der Waals surface area contributed by atoms with E-state index in [-0.39, 0.29) is 18.2 Å². The molecule has 0 aliphatic rings. The standard InChI is InChI=1S/C10H13ClN2O3S/c11-7-8-1-3-9(4-2-8)10(14)13-5-6-17(12,15)16/h1-4H,5-7H2,(H,13,14)(H2,12,15,16). The first-order valence-corrected chi connectivity index (χ1v) is 7.11. The Morgan fingerprint density at radius 2 is 1.88 bits per heavy atom. The highest BCUT2D eigenvalue weighted by molar-refractivity contribution is 7.89. The van der Waals surface area contributed by atoms with Crippen LogP contribution in [0.5, 0.6) is 0 Å². The van der Waals surface area contributed by atoms with Crippen molar-refractivity contribution in [2.75, 3.05) is 12.3 Å². The van der Waals surface area contributed by atoms with E-state index in [0.29, 0.717) is 11.4 Å². The number of hydrogen-bond acceptors (Lipinski definition) is 3. The average molecular weight is 277 g/mol. The monoisotopic (exact) mass is 276 g/mol. The van der Waals surface area contributed by atoms with E-state index >= 15 is 0 Å². The number of primary sulfonamides is 1. The van der Waals surface area contributed by atoms with E-state index in [1.807, 2.05) is 0 Å². The molecule has 94 valence electrons. The molecule has 0 heterocycles. The summed E-state index contributed by atoms with van der Waals surface area (Å²) in [5, 5.41) is 7.27. The number of alkyl halides is 1. The molecule has 3 N–H and O–H groups in total. The van der Waals surface area contributed by atoms with Gasteiger partial charge in [0, 0.05) is 18.0 Å². The van der Waals surface area contributed by atoms with Gasteiger partial charge in [-0.1, -0.05) is 12.1 Å². The van der Waals surface area contributed by atoms with E-state index in [4.69, 9.17) is 16.7 Å². The predicted octanol–water partition coefficient (Wildman–Crippen LogP) is 0.444. The Kier molecular flexibility index (Phi) is 4.92. The minimum absolute atomic E-state index is 0.00504. The van der Waals surface area contributed by atoms with E-state index in [2.05, 4.69) is 5.32 Å². The average Bonchev–Trinajstić information content (AvgIpc) is 2.27. The van der Waals surface area contributed by atoms with E-state index < -0.39 is 10.0 Å². The van der Waals surface area contributed by atoms with E-state index in [9.17, 15) is 13.2 Å². The van der Waals surface area contributed by atoms with Crippen LogP contribution in [0.3, 0.4) is 0 Å². The molecular formula is C10H13ClN2O3S. The van der Waals surface area contributed by atoms with Crippen LogP contribution >= 0.6 is 11.6 Å². The summed E-state index contributed by atoms with van der Waals surface area (Å²) in [6.45, 7) is -0.00504. The zero-order valence-corrected chi connectivity index (χ0v) is 10.6. The fourth-order valence-electron chi connectivity index (χ4n) is 1.15. The summed E-state index contributed by atoms with van der Waals surface area (Å²) in [6, 6.07) is 6.73. The van der Waals surface area contributed by atoms with Crippen LogP contribution in [-0.2, 0) is 15.9 Å². The number of benzene rings is 1. The zero-order chi connectivity index (χ0) is 12.9. The number of sulfonamides is 1. The molecule has 1 aromatic carbocycles. The van der Waals surface area contributed by atoms with Crippen LogP contribution in [0.4, 0.5) is 0 Å². The van der Waals surface area contributed by atoms with Gasteiger partial charge in [-0.2, -0.15) is 0 Å². The third kappa shape index (κ3) is 5.16. The summed E-state index contributed by atoms with van der Waals surface area (Å²) in [5.41, 5.74) is 1.36. The number of nitrogens with one attached hydrogen (secondary N) is 1. The molecule has 0 spiro atoms. The summed E-state index contributed by atoms with van der Waals surface area (Å²) in [7, 11) is -3.54. The van der Waals surface area contributed by atoms with Gasteiger partial charge in [0.2, 0.25) is 10.0 Å². The van der Waals surface area contributed by atoms with Crippen LogP contribution in [0.1, 0.15) is 15.9 Å². The Morgan fingerprint density at radius 3 is 2.35 bits per heavy atom. The molecule has 0 bridgehead atoms. The van der Waals surface area contributed by atoms with Gasteiger partial charge in [-0.05, 0) is 17.7 Å². The summed E-state index contributed by atoms with van der Waals surface area (Å²) in [4.78, 5) is 11.6. The Balaban J connectivity index is 2.52. The molecule has 0 fully saturated rings. The summed E-state index contributed by atoms with van der Waals surface area (Å²) >= 11 is 5.61. The van der Waals surface area contributed by atoms with Crippen LogP contribution < -0.4 is 10.5 Å². The largest absolute Gasteiger partial charge is 0.351 e. The maximum Gasteiger partial charge on any atom is 0.251 e. The molecule has 1 rings (SSSR count). The van der Waals surface area contributed by atoms with Gasteiger partial charge < -0.3 is 5.32 Å². The van der Waals surface area contributed by atoms with Gasteiger partial charge in [0.05, 0.1) is 5.75 Å². The van der Waals surface area contributed by atoms with Crippen LogP contribution in [0.25, 0.3) is 0 Å². The number of nitrogens with two attached hydrogens (primary N) is 1. The molecule has 0 saturated heterocycles. The lowest BCUT2D eigenvalue weighted by molar-refractivity contribution is 0.0956. The predicted molar refractivity (Wildman–Crippen MR) is 66.3 cm³/mol. The van der Waals surface area contributed by atoms with Gasteiger partial charge in [0.25, 0.3) is 5.91 Å². The molecule has 1 aromatic rings. The van der Waals surface area contributed by atoms with Gasteiger partial charge in [-0.25, -0.2) is 13.6 Å². The molecule has 1 amide bonds. The fraction of sp³-hybridized carbons (Fsp3) is 0.300. The van der Waals surface area contributed by atoms with Crippen molar-refractivity contribution < 1.29 is 13.2 Å². The van der Waals surface area contributed by atoms with Crippen molar-refractivity contribution in [3.05, 3.63) is 35.4 Å². The Hall–Kier alpha value is -1.11. The van der Waals surface area contributed by atoms with Crippen LogP contribution in [0.15, 0.2) is 24.3 Å². The summed E-state index contributed by atoms with van der Waals surface area (Å²) < 4.78 is 21.3. The SMILES string of the molecule is NS(=O)(=O)CCNC(=O)c1ccc(CCl)cc1. The topological polar surface area (TPSA) is 89.3 Å². The lowest BCUT2D eigenvalue weighted by atomic mass is 10.1. The Labute approximate surface area is 105 Å². The van der Waals surface area contributed by atoms with Gasteiger partial charge in [-0.3, -0.25) is 4.79 Å². The smallest absolute Gasteiger partial charge is 0.251 e. The molecule has 0 saturated carbocycles. The van der Waals surface area contributed by atoms with Gasteiger partial charge >= 0.3 is 0 Å².